The Labute approximate surface area is 256 Å². The van der Waals surface area contributed by atoms with Gasteiger partial charge in [-0.2, -0.15) is 15.0 Å². The van der Waals surface area contributed by atoms with Crippen molar-refractivity contribution in [3.63, 3.8) is 0 Å². The van der Waals surface area contributed by atoms with E-state index in [0.717, 1.165) is 71.1 Å². The first-order valence-electron chi connectivity index (χ1n) is 15.0. The summed E-state index contributed by atoms with van der Waals surface area (Å²) in [5, 5.41) is 6.68. The minimum absolute atomic E-state index is 0.544. The van der Waals surface area contributed by atoms with Gasteiger partial charge in [0.2, 0.25) is 11.9 Å². The van der Waals surface area contributed by atoms with Gasteiger partial charge < -0.3 is 4.42 Å². The fraction of sp³-hybridized carbons (Fsp3) is 0. The molecule has 10 rings (SSSR count). The van der Waals surface area contributed by atoms with Gasteiger partial charge in [0.25, 0.3) is 0 Å². The van der Waals surface area contributed by atoms with Crippen LogP contribution in [-0.2, 0) is 0 Å². The van der Waals surface area contributed by atoms with Gasteiger partial charge in [-0.15, -0.1) is 0 Å². The van der Waals surface area contributed by atoms with Crippen LogP contribution in [0.15, 0.2) is 144 Å². The van der Waals surface area contributed by atoms with Crippen molar-refractivity contribution in [1.29, 1.82) is 0 Å². The average molecular weight is 578 g/mol. The third-order valence-corrected chi connectivity index (χ3v) is 8.82. The number of furan rings is 1. The molecule has 0 spiro atoms. The van der Waals surface area contributed by atoms with Crippen LogP contribution in [0.1, 0.15) is 0 Å². The number of rotatable bonds is 3. The van der Waals surface area contributed by atoms with Crippen LogP contribution in [-0.4, -0.2) is 24.1 Å². The Morgan fingerprint density at radius 2 is 0.800 bits per heavy atom. The summed E-state index contributed by atoms with van der Waals surface area (Å²) in [6.07, 6.45) is 0. The molecule has 0 N–H and O–H groups in total. The second-order valence-corrected chi connectivity index (χ2v) is 11.3. The molecule has 4 aromatic heterocycles. The summed E-state index contributed by atoms with van der Waals surface area (Å²) >= 11 is 0. The first-order valence-corrected chi connectivity index (χ1v) is 15.0. The Hall–Kier alpha value is -6.27. The number of aromatic nitrogens is 5. The molecule has 4 heterocycles. The van der Waals surface area contributed by atoms with Crippen molar-refractivity contribution in [2.75, 3.05) is 0 Å². The van der Waals surface area contributed by atoms with Crippen molar-refractivity contribution < 1.29 is 4.42 Å². The summed E-state index contributed by atoms with van der Waals surface area (Å²) in [5.41, 5.74) is 6.54. The zero-order chi connectivity index (χ0) is 29.5. The maximum atomic E-state index is 6.47. The van der Waals surface area contributed by atoms with E-state index in [9.17, 15) is 0 Å². The largest absolute Gasteiger partial charge is 0.455 e. The van der Waals surface area contributed by atoms with Gasteiger partial charge >= 0.3 is 0 Å². The maximum absolute atomic E-state index is 6.47. The summed E-state index contributed by atoms with van der Waals surface area (Å²) in [7, 11) is 0. The number of hydrogen-bond acceptors (Lipinski definition) is 4. The smallest absolute Gasteiger partial charge is 0.240 e. The zero-order valence-electron chi connectivity index (χ0n) is 23.9. The SMILES string of the molecule is c1ccc2c(c1)oc1c(-c3nc(-n4c5ccccc5c5ccccc54)nc(-n4c5ccccc5c5ccccc54)n3)cccc12. The van der Waals surface area contributed by atoms with E-state index in [1.165, 1.54) is 0 Å². The molecule has 0 saturated heterocycles. The van der Waals surface area contributed by atoms with Crippen LogP contribution in [0.3, 0.4) is 0 Å². The molecule has 6 nitrogen and oxygen atoms in total. The van der Waals surface area contributed by atoms with Crippen molar-refractivity contribution in [3.8, 4) is 23.3 Å². The minimum Gasteiger partial charge on any atom is -0.455 e. The van der Waals surface area contributed by atoms with Gasteiger partial charge in [0.05, 0.1) is 27.6 Å². The second-order valence-electron chi connectivity index (χ2n) is 11.3. The number of para-hydroxylation sites is 6. The van der Waals surface area contributed by atoms with Crippen LogP contribution in [0.2, 0.25) is 0 Å². The lowest BCUT2D eigenvalue weighted by Gasteiger charge is -2.12. The third kappa shape index (κ3) is 3.42. The van der Waals surface area contributed by atoms with Crippen molar-refractivity contribution in [2.45, 2.75) is 0 Å². The quantitative estimate of drug-likeness (QED) is 0.210. The topological polar surface area (TPSA) is 61.7 Å². The number of fused-ring (bicyclic) bond motifs is 9. The molecule has 10 aromatic rings. The van der Waals surface area contributed by atoms with Gasteiger partial charge in [-0.1, -0.05) is 103 Å². The summed E-state index contributed by atoms with van der Waals surface area (Å²) in [4.78, 5) is 15.6. The Balaban J connectivity index is 1.35. The molecule has 0 bridgehead atoms. The van der Waals surface area contributed by atoms with Crippen molar-refractivity contribution >= 4 is 65.6 Å². The average Bonchev–Trinajstić information content (AvgIpc) is 3.76. The summed E-state index contributed by atoms with van der Waals surface area (Å²) < 4.78 is 10.8. The fourth-order valence-electron chi connectivity index (χ4n) is 6.87. The highest BCUT2D eigenvalue weighted by molar-refractivity contribution is 6.11. The van der Waals surface area contributed by atoms with Crippen molar-refractivity contribution in [3.05, 3.63) is 140 Å². The molecule has 6 heteroatoms. The van der Waals surface area contributed by atoms with Gasteiger partial charge in [-0.3, -0.25) is 9.13 Å². The van der Waals surface area contributed by atoms with Gasteiger partial charge in [0.15, 0.2) is 5.82 Å². The van der Waals surface area contributed by atoms with E-state index in [2.05, 4.69) is 118 Å². The lowest BCUT2D eigenvalue weighted by molar-refractivity contribution is 0.669. The molecular weight excluding hydrogens is 554 g/mol. The predicted molar refractivity (Wildman–Crippen MR) is 181 cm³/mol. The van der Waals surface area contributed by atoms with Crippen LogP contribution in [0, 0.1) is 0 Å². The van der Waals surface area contributed by atoms with Crippen LogP contribution < -0.4 is 0 Å². The molecule has 0 radical (unpaired) electrons. The van der Waals surface area contributed by atoms with E-state index in [4.69, 9.17) is 19.4 Å². The molecule has 0 fully saturated rings. The number of hydrogen-bond donors (Lipinski definition) is 0. The van der Waals surface area contributed by atoms with Crippen LogP contribution in [0.5, 0.6) is 0 Å². The zero-order valence-corrected chi connectivity index (χ0v) is 23.9. The first kappa shape index (κ1) is 24.2. The highest BCUT2D eigenvalue weighted by atomic mass is 16.3. The molecule has 6 aromatic carbocycles. The van der Waals surface area contributed by atoms with Crippen molar-refractivity contribution in [1.82, 2.24) is 24.1 Å². The second kappa shape index (κ2) is 9.11. The summed E-state index contributed by atoms with van der Waals surface area (Å²) in [6.45, 7) is 0. The molecule has 0 saturated carbocycles. The minimum atomic E-state index is 0.544. The third-order valence-electron chi connectivity index (χ3n) is 8.82. The highest BCUT2D eigenvalue weighted by Crippen LogP contribution is 2.37. The summed E-state index contributed by atoms with van der Waals surface area (Å²) in [5.74, 6) is 1.63. The lowest BCUT2D eigenvalue weighted by Crippen LogP contribution is -2.10. The molecule has 0 aliphatic rings. The molecule has 0 aliphatic heterocycles. The van der Waals surface area contributed by atoms with E-state index in [1.807, 2.05) is 30.3 Å². The Morgan fingerprint density at radius 3 is 1.31 bits per heavy atom. The van der Waals surface area contributed by atoms with E-state index in [0.29, 0.717) is 17.7 Å². The van der Waals surface area contributed by atoms with Gasteiger partial charge in [0.1, 0.15) is 11.2 Å². The van der Waals surface area contributed by atoms with Gasteiger partial charge in [-0.25, -0.2) is 0 Å². The molecule has 210 valence electrons. The number of nitrogens with zero attached hydrogens (tertiary/aromatic N) is 5. The molecule has 0 aliphatic carbocycles. The number of benzene rings is 6. The Morgan fingerprint density at radius 1 is 0.378 bits per heavy atom. The Bertz CT molecular complexity index is 2550. The molecule has 45 heavy (non-hydrogen) atoms. The van der Waals surface area contributed by atoms with E-state index in [-0.39, 0.29) is 0 Å². The van der Waals surface area contributed by atoms with E-state index < -0.39 is 0 Å². The molecule has 0 amide bonds. The standard InChI is InChI=1S/C39H23N5O/c1-6-19-31-24(12-1)25-13-2-7-20-32(25)43(31)38-40-37(30-18-11-17-29-28-16-5-10-23-35(28)45-36(29)30)41-39(42-38)44-33-21-8-3-14-26(33)27-15-4-9-22-34(27)44/h1-23H. The van der Waals surface area contributed by atoms with Crippen molar-refractivity contribution in [2.24, 2.45) is 0 Å². The lowest BCUT2D eigenvalue weighted by atomic mass is 10.1. The first-order chi connectivity index (χ1) is 22.3. The van der Waals surface area contributed by atoms with Crippen LogP contribution >= 0.6 is 0 Å². The van der Waals surface area contributed by atoms with E-state index >= 15 is 0 Å². The van der Waals surface area contributed by atoms with E-state index in [1.54, 1.807) is 0 Å². The summed E-state index contributed by atoms with van der Waals surface area (Å²) in [6, 6.07) is 47.9. The van der Waals surface area contributed by atoms with Gasteiger partial charge in [0, 0.05) is 32.3 Å². The normalized spacial score (nSPS) is 12.0. The molecular formula is C39H23N5O. The molecule has 0 atom stereocenters. The molecule has 0 unspecified atom stereocenters. The van der Waals surface area contributed by atoms with Gasteiger partial charge in [-0.05, 0) is 36.4 Å². The maximum Gasteiger partial charge on any atom is 0.240 e. The fourth-order valence-corrected chi connectivity index (χ4v) is 6.87. The van der Waals surface area contributed by atoms with Crippen LogP contribution in [0.4, 0.5) is 0 Å². The van der Waals surface area contributed by atoms with Crippen LogP contribution in [0.25, 0.3) is 88.8 Å². The monoisotopic (exact) mass is 577 g/mol. The highest BCUT2D eigenvalue weighted by Gasteiger charge is 2.22. The predicted octanol–water partition coefficient (Wildman–Crippen LogP) is 9.63. The Kier molecular flexibility index (Phi) is 4.90.